The lowest BCUT2D eigenvalue weighted by Crippen LogP contribution is -2.47. The van der Waals surface area contributed by atoms with E-state index in [1.807, 2.05) is 37.4 Å². The summed E-state index contributed by atoms with van der Waals surface area (Å²) in [6.45, 7) is 1.76. The molecule has 0 spiro atoms. The zero-order chi connectivity index (χ0) is 13.3. The van der Waals surface area contributed by atoms with Crippen molar-refractivity contribution >= 4 is 0 Å². The Labute approximate surface area is 109 Å². The third-order valence-electron chi connectivity index (χ3n) is 3.06. The molecule has 1 aromatic carbocycles. The minimum atomic E-state index is -0.533. The maximum Gasteiger partial charge on any atom is 0.0903 e. The van der Waals surface area contributed by atoms with Gasteiger partial charge >= 0.3 is 0 Å². The number of aliphatic hydroxyl groups is 1. The molecular weight excluding hydrogens is 230 g/mol. The highest BCUT2D eigenvalue weighted by atomic mass is 16.5. The standard InChI is InChI=1S/C14H23NO3/c1-15-14(11-16,12-18-10-6-9-17-2)13-7-4-3-5-8-13/h3-5,7-8,15-16H,6,9-12H2,1-2H3. The second-order valence-electron chi connectivity index (χ2n) is 4.26. The summed E-state index contributed by atoms with van der Waals surface area (Å²) in [5.41, 5.74) is 0.496. The number of rotatable bonds is 9. The number of hydrogen-bond donors (Lipinski definition) is 2. The average Bonchev–Trinajstić information content (AvgIpc) is 2.44. The molecule has 0 saturated heterocycles. The van der Waals surface area contributed by atoms with Crippen LogP contribution in [0.15, 0.2) is 30.3 Å². The molecule has 0 heterocycles. The zero-order valence-corrected chi connectivity index (χ0v) is 11.2. The molecule has 2 N–H and O–H groups in total. The first-order chi connectivity index (χ1) is 8.79. The Bertz CT molecular complexity index is 312. The van der Waals surface area contributed by atoms with Gasteiger partial charge in [0.25, 0.3) is 0 Å². The molecule has 0 aliphatic rings. The van der Waals surface area contributed by atoms with Crippen LogP contribution < -0.4 is 5.32 Å². The second-order valence-corrected chi connectivity index (χ2v) is 4.26. The van der Waals surface area contributed by atoms with E-state index in [9.17, 15) is 5.11 Å². The smallest absolute Gasteiger partial charge is 0.0903 e. The zero-order valence-electron chi connectivity index (χ0n) is 11.2. The first-order valence-electron chi connectivity index (χ1n) is 6.21. The Balaban J connectivity index is 2.58. The Hall–Kier alpha value is -0.940. The molecule has 1 unspecified atom stereocenters. The predicted molar refractivity (Wildman–Crippen MR) is 71.6 cm³/mol. The van der Waals surface area contributed by atoms with Gasteiger partial charge in [-0.2, -0.15) is 0 Å². The van der Waals surface area contributed by atoms with Gasteiger partial charge in [-0.1, -0.05) is 30.3 Å². The largest absolute Gasteiger partial charge is 0.394 e. The van der Waals surface area contributed by atoms with Gasteiger partial charge in [0.15, 0.2) is 0 Å². The second kappa shape index (κ2) is 8.21. The van der Waals surface area contributed by atoms with Crippen molar-refractivity contribution in [2.24, 2.45) is 0 Å². The van der Waals surface area contributed by atoms with Gasteiger partial charge < -0.3 is 19.9 Å². The molecule has 0 amide bonds. The molecule has 1 aromatic rings. The van der Waals surface area contributed by atoms with E-state index >= 15 is 0 Å². The van der Waals surface area contributed by atoms with Crippen LogP contribution in [0.4, 0.5) is 0 Å². The van der Waals surface area contributed by atoms with Crippen LogP contribution in [0.25, 0.3) is 0 Å². The van der Waals surface area contributed by atoms with Crippen molar-refractivity contribution in [3.05, 3.63) is 35.9 Å². The van der Waals surface area contributed by atoms with E-state index in [2.05, 4.69) is 5.32 Å². The first-order valence-corrected chi connectivity index (χ1v) is 6.21. The Kier molecular flexibility index (Phi) is 6.90. The van der Waals surface area contributed by atoms with Crippen LogP contribution in [-0.4, -0.2) is 45.7 Å². The van der Waals surface area contributed by atoms with Crippen LogP contribution in [0.1, 0.15) is 12.0 Å². The van der Waals surface area contributed by atoms with E-state index in [-0.39, 0.29) is 6.61 Å². The lowest BCUT2D eigenvalue weighted by atomic mass is 9.92. The van der Waals surface area contributed by atoms with Crippen molar-refractivity contribution in [2.45, 2.75) is 12.0 Å². The molecule has 0 aliphatic heterocycles. The quantitative estimate of drug-likeness (QED) is 0.648. The Morgan fingerprint density at radius 3 is 2.50 bits per heavy atom. The number of methoxy groups -OCH3 is 1. The molecule has 4 nitrogen and oxygen atoms in total. The summed E-state index contributed by atoms with van der Waals surface area (Å²) in [4.78, 5) is 0. The lowest BCUT2D eigenvalue weighted by molar-refractivity contribution is 0.0291. The van der Waals surface area contributed by atoms with E-state index in [1.165, 1.54) is 0 Å². The summed E-state index contributed by atoms with van der Waals surface area (Å²) in [6.07, 6.45) is 0.858. The molecule has 102 valence electrons. The molecule has 0 radical (unpaired) electrons. The number of aliphatic hydroxyl groups excluding tert-OH is 1. The number of nitrogens with one attached hydrogen (secondary N) is 1. The van der Waals surface area contributed by atoms with Gasteiger partial charge in [-0.05, 0) is 19.0 Å². The molecule has 1 atom stereocenters. The fourth-order valence-corrected chi connectivity index (χ4v) is 1.82. The summed E-state index contributed by atoms with van der Waals surface area (Å²) in [5, 5.41) is 12.8. The fraction of sp³-hybridized carbons (Fsp3) is 0.571. The summed E-state index contributed by atoms with van der Waals surface area (Å²) in [5.74, 6) is 0. The summed E-state index contributed by atoms with van der Waals surface area (Å²) in [6, 6.07) is 9.86. The molecule has 0 saturated carbocycles. The third kappa shape index (κ3) is 4.07. The van der Waals surface area contributed by atoms with Crippen LogP contribution >= 0.6 is 0 Å². The van der Waals surface area contributed by atoms with E-state index in [0.29, 0.717) is 19.8 Å². The minimum absolute atomic E-state index is 0.00219. The molecule has 4 heteroatoms. The first kappa shape index (κ1) is 15.1. The monoisotopic (exact) mass is 253 g/mol. The molecule has 0 bridgehead atoms. The molecule has 18 heavy (non-hydrogen) atoms. The minimum Gasteiger partial charge on any atom is -0.394 e. The van der Waals surface area contributed by atoms with Gasteiger partial charge in [-0.3, -0.25) is 0 Å². The van der Waals surface area contributed by atoms with E-state index in [0.717, 1.165) is 12.0 Å². The highest BCUT2D eigenvalue weighted by Gasteiger charge is 2.29. The van der Waals surface area contributed by atoms with E-state index in [4.69, 9.17) is 9.47 Å². The van der Waals surface area contributed by atoms with Crippen molar-refractivity contribution in [3.63, 3.8) is 0 Å². The molecule has 0 aromatic heterocycles. The molecular formula is C14H23NO3. The molecule has 0 fully saturated rings. The molecule has 1 rings (SSSR count). The van der Waals surface area contributed by atoms with E-state index < -0.39 is 5.54 Å². The van der Waals surface area contributed by atoms with Crippen LogP contribution in [-0.2, 0) is 15.0 Å². The van der Waals surface area contributed by atoms with Crippen molar-refractivity contribution < 1.29 is 14.6 Å². The number of ether oxygens (including phenoxy) is 2. The topological polar surface area (TPSA) is 50.7 Å². The Morgan fingerprint density at radius 1 is 1.22 bits per heavy atom. The lowest BCUT2D eigenvalue weighted by Gasteiger charge is -2.32. The van der Waals surface area contributed by atoms with Crippen molar-refractivity contribution in [3.8, 4) is 0 Å². The summed E-state index contributed by atoms with van der Waals surface area (Å²) >= 11 is 0. The maximum atomic E-state index is 9.67. The predicted octanol–water partition coefficient (Wildman–Crippen LogP) is 1.15. The highest BCUT2D eigenvalue weighted by molar-refractivity contribution is 5.24. The SMILES string of the molecule is CNC(CO)(COCCCOC)c1ccccc1. The average molecular weight is 253 g/mol. The normalized spacial score (nSPS) is 14.4. The van der Waals surface area contributed by atoms with Crippen LogP contribution in [0.5, 0.6) is 0 Å². The number of likely N-dealkylation sites (N-methyl/N-ethyl adjacent to an activating group) is 1. The van der Waals surface area contributed by atoms with Gasteiger partial charge in [-0.15, -0.1) is 0 Å². The van der Waals surface area contributed by atoms with Crippen LogP contribution in [0, 0.1) is 0 Å². The fourth-order valence-electron chi connectivity index (χ4n) is 1.82. The number of benzene rings is 1. The number of hydrogen-bond acceptors (Lipinski definition) is 4. The van der Waals surface area contributed by atoms with Gasteiger partial charge in [0, 0.05) is 20.3 Å². The summed E-state index contributed by atoms with van der Waals surface area (Å²) in [7, 11) is 3.51. The third-order valence-corrected chi connectivity index (χ3v) is 3.06. The van der Waals surface area contributed by atoms with E-state index in [1.54, 1.807) is 7.11 Å². The van der Waals surface area contributed by atoms with Gasteiger partial charge in [0.2, 0.25) is 0 Å². The van der Waals surface area contributed by atoms with Gasteiger partial charge in [0.1, 0.15) is 0 Å². The maximum absolute atomic E-state index is 9.67. The highest BCUT2D eigenvalue weighted by Crippen LogP contribution is 2.20. The van der Waals surface area contributed by atoms with Crippen LogP contribution in [0.3, 0.4) is 0 Å². The van der Waals surface area contributed by atoms with Crippen molar-refractivity contribution in [2.75, 3.05) is 40.6 Å². The van der Waals surface area contributed by atoms with Crippen LogP contribution in [0.2, 0.25) is 0 Å². The molecule has 0 aliphatic carbocycles. The van der Waals surface area contributed by atoms with Crippen molar-refractivity contribution in [1.82, 2.24) is 5.32 Å². The Morgan fingerprint density at radius 2 is 1.94 bits per heavy atom. The van der Waals surface area contributed by atoms with Crippen molar-refractivity contribution in [1.29, 1.82) is 0 Å². The summed E-state index contributed by atoms with van der Waals surface area (Å²) < 4.78 is 10.6. The van der Waals surface area contributed by atoms with Gasteiger partial charge in [0.05, 0.1) is 18.8 Å². The van der Waals surface area contributed by atoms with Gasteiger partial charge in [-0.25, -0.2) is 0 Å².